The molecule has 1 aliphatic rings. The number of H-pyrrole nitrogens is 1. The molecule has 0 unspecified atom stereocenters. The number of carbonyl (C=O) groups is 2. The number of carbonyl (C=O) groups excluding carboxylic acids is 1. The zero-order valence-electron chi connectivity index (χ0n) is 8.83. The van der Waals surface area contributed by atoms with Crippen molar-refractivity contribution in [3.8, 4) is 0 Å². The average molecular weight is 223 g/mol. The molecule has 1 aliphatic carbocycles. The van der Waals surface area contributed by atoms with E-state index >= 15 is 0 Å². The first-order valence-electron chi connectivity index (χ1n) is 5.06. The van der Waals surface area contributed by atoms with E-state index in [-0.39, 0.29) is 17.6 Å². The quantitative estimate of drug-likeness (QED) is 0.622. The molecule has 0 aromatic carbocycles. The van der Waals surface area contributed by atoms with Gasteiger partial charge >= 0.3 is 12.0 Å². The number of hydrogen-bond acceptors (Lipinski definition) is 2. The molecule has 2 amide bonds. The van der Waals surface area contributed by atoms with Gasteiger partial charge in [0.15, 0.2) is 0 Å². The van der Waals surface area contributed by atoms with E-state index in [1.165, 1.54) is 6.20 Å². The molecule has 0 aliphatic heterocycles. The molecule has 2 rings (SSSR count). The zero-order chi connectivity index (χ0) is 11.7. The molecular weight excluding hydrogens is 210 g/mol. The molecule has 1 saturated carbocycles. The van der Waals surface area contributed by atoms with Gasteiger partial charge in [-0.05, 0) is 19.8 Å². The molecule has 4 N–H and O–H groups in total. The van der Waals surface area contributed by atoms with Crippen LogP contribution in [0.2, 0.25) is 0 Å². The first-order chi connectivity index (χ1) is 7.58. The number of rotatable bonds is 3. The lowest BCUT2D eigenvalue weighted by molar-refractivity contribution is 0.0697. The highest BCUT2D eigenvalue weighted by molar-refractivity contribution is 6.01. The van der Waals surface area contributed by atoms with Crippen LogP contribution in [0.25, 0.3) is 0 Å². The van der Waals surface area contributed by atoms with Crippen LogP contribution in [0.15, 0.2) is 6.20 Å². The molecule has 0 bridgehead atoms. The summed E-state index contributed by atoms with van der Waals surface area (Å²) in [5.41, 5.74) is 0.920. The Morgan fingerprint density at radius 3 is 2.75 bits per heavy atom. The summed E-state index contributed by atoms with van der Waals surface area (Å²) in [4.78, 5) is 25.1. The lowest BCUT2D eigenvalue weighted by Gasteiger charge is -2.05. The van der Waals surface area contributed by atoms with E-state index in [9.17, 15) is 9.59 Å². The van der Waals surface area contributed by atoms with E-state index in [1.54, 1.807) is 6.92 Å². The topological polar surface area (TPSA) is 94.2 Å². The van der Waals surface area contributed by atoms with Gasteiger partial charge in [0, 0.05) is 17.9 Å². The third-order valence-electron chi connectivity index (χ3n) is 2.45. The number of aromatic nitrogens is 1. The molecule has 0 radical (unpaired) electrons. The van der Waals surface area contributed by atoms with Crippen molar-refractivity contribution in [2.45, 2.75) is 25.8 Å². The molecule has 16 heavy (non-hydrogen) atoms. The summed E-state index contributed by atoms with van der Waals surface area (Å²) in [6, 6.07) is -0.114. The van der Waals surface area contributed by atoms with Gasteiger partial charge in [-0.15, -0.1) is 0 Å². The largest absolute Gasteiger partial charge is 0.478 e. The third kappa shape index (κ3) is 2.16. The van der Waals surface area contributed by atoms with Crippen LogP contribution in [0.1, 0.15) is 28.9 Å². The predicted molar refractivity (Wildman–Crippen MR) is 57.7 cm³/mol. The lowest BCUT2D eigenvalue weighted by atomic mass is 10.2. The normalized spacial score (nSPS) is 14.6. The van der Waals surface area contributed by atoms with Crippen molar-refractivity contribution < 1.29 is 14.7 Å². The van der Waals surface area contributed by atoms with Crippen molar-refractivity contribution in [3.05, 3.63) is 17.5 Å². The Bertz CT molecular complexity index is 435. The van der Waals surface area contributed by atoms with Gasteiger partial charge in [0.25, 0.3) is 0 Å². The molecule has 0 atom stereocenters. The van der Waals surface area contributed by atoms with Crippen LogP contribution in [0, 0.1) is 6.92 Å². The minimum Gasteiger partial charge on any atom is -0.478 e. The van der Waals surface area contributed by atoms with Crippen molar-refractivity contribution in [1.82, 2.24) is 10.3 Å². The van der Waals surface area contributed by atoms with E-state index in [0.29, 0.717) is 11.4 Å². The first-order valence-corrected chi connectivity index (χ1v) is 5.06. The van der Waals surface area contributed by atoms with Crippen molar-refractivity contribution in [2.24, 2.45) is 0 Å². The van der Waals surface area contributed by atoms with Crippen molar-refractivity contribution >= 4 is 17.7 Å². The van der Waals surface area contributed by atoms with Gasteiger partial charge in [0.2, 0.25) is 0 Å². The number of aromatic carboxylic acids is 1. The van der Waals surface area contributed by atoms with E-state index in [0.717, 1.165) is 12.8 Å². The van der Waals surface area contributed by atoms with Crippen LogP contribution >= 0.6 is 0 Å². The molecule has 6 heteroatoms. The van der Waals surface area contributed by atoms with Gasteiger partial charge in [-0.2, -0.15) is 0 Å². The Morgan fingerprint density at radius 2 is 2.19 bits per heavy atom. The standard InChI is InChI=1S/C10H13N3O3/c1-5-8(9(14)15)7(4-11-5)13-10(16)12-6-2-3-6/h4,6,11H,2-3H2,1H3,(H,14,15)(H2,12,13,16). The minimum absolute atomic E-state index is 0.103. The zero-order valence-corrected chi connectivity index (χ0v) is 8.83. The summed E-state index contributed by atoms with van der Waals surface area (Å²) in [5.74, 6) is -1.06. The maximum absolute atomic E-state index is 11.4. The van der Waals surface area contributed by atoms with Crippen LogP contribution in [0.3, 0.4) is 0 Å². The highest BCUT2D eigenvalue weighted by Crippen LogP contribution is 2.21. The van der Waals surface area contributed by atoms with Gasteiger partial charge in [-0.3, -0.25) is 0 Å². The second-order valence-electron chi connectivity index (χ2n) is 3.88. The molecule has 1 aromatic heterocycles. The summed E-state index contributed by atoms with van der Waals surface area (Å²) >= 11 is 0. The number of anilines is 1. The maximum atomic E-state index is 11.4. The Morgan fingerprint density at radius 1 is 1.50 bits per heavy atom. The summed E-state index contributed by atoms with van der Waals surface area (Å²) in [5, 5.41) is 14.2. The lowest BCUT2D eigenvalue weighted by Crippen LogP contribution is -2.30. The molecule has 0 spiro atoms. The second-order valence-corrected chi connectivity index (χ2v) is 3.88. The number of nitrogens with one attached hydrogen (secondary N) is 3. The van der Waals surface area contributed by atoms with Crippen molar-refractivity contribution in [1.29, 1.82) is 0 Å². The molecule has 0 saturated heterocycles. The molecule has 1 heterocycles. The molecular formula is C10H13N3O3. The SMILES string of the molecule is Cc1[nH]cc(NC(=O)NC2CC2)c1C(=O)O. The molecule has 6 nitrogen and oxygen atoms in total. The molecule has 1 fully saturated rings. The van der Waals surface area contributed by atoms with E-state index in [2.05, 4.69) is 15.6 Å². The third-order valence-corrected chi connectivity index (χ3v) is 2.45. The summed E-state index contributed by atoms with van der Waals surface area (Å²) in [6.45, 7) is 1.65. The van der Waals surface area contributed by atoms with Crippen LogP contribution in [-0.4, -0.2) is 28.1 Å². The minimum atomic E-state index is -1.06. The van der Waals surface area contributed by atoms with Gasteiger partial charge in [-0.25, -0.2) is 9.59 Å². The highest BCUT2D eigenvalue weighted by Gasteiger charge is 2.24. The van der Waals surface area contributed by atoms with Crippen LogP contribution in [0.4, 0.5) is 10.5 Å². The Kier molecular flexibility index (Phi) is 2.55. The van der Waals surface area contributed by atoms with Crippen molar-refractivity contribution in [2.75, 3.05) is 5.32 Å². The summed E-state index contributed by atoms with van der Waals surface area (Å²) in [7, 11) is 0. The van der Waals surface area contributed by atoms with E-state index in [4.69, 9.17) is 5.11 Å². The Hall–Kier alpha value is -1.98. The number of aromatic amines is 1. The number of aryl methyl sites for hydroxylation is 1. The number of carboxylic acid groups (broad SMARTS) is 1. The van der Waals surface area contributed by atoms with E-state index in [1.807, 2.05) is 0 Å². The first kappa shape index (κ1) is 10.5. The predicted octanol–water partition coefficient (Wildman–Crippen LogP) is 1.31. The van der Waals surface area contributed by atoms with Crippen LogP contribution < -0.4 is 10.6 Å². The summed E-state index contributed by atoms with van der Waals surface area (Å²) < 4.78 is 0. The Labute approximate surface area is 92.0 Å². The fraction of sp³-hybridized carbons (Fsp3) is 0.400. The number of amides is 2. The average Bonchev–Trinajstić information content (AvgIpc) is 2.90. The number of urea groups is 1. The Balaban J connectivity index is 2.07. The number of carboxylic acids is 1. The fourth-order valence-corrected chi connectivity index (χ4v) is 1.47. The van der Waals surface area contributed by atoms with Gasteiger partial charge in [0.1, 0.15) is 5.56 Å². The monoisotopic (exact) mass is 223 g/mol. The van der Waals surface area contributed by atoms with Gasteiger partial charge in [-0.1, -0.05) is 0 Å². The van der Waals surface area contributed by atoms with Gasteiger partial charge in [0.05, 0.1) is 5.69 Å². The molecule has 1 aromatic rings. The summed E-state index contributed by atoms with van der Waals surface area (Å²) in [6.07, 6.45) is 3.46. The fourth-order valence-electron chi connectivity index (χ4n) is 1.47. The highest BCUT2D eigenvalue weighted by atomic mass is 16.4. The van der Waals surface area contributed by atoms with E-state index < -0.39 is 5.97 Å². The maximum Gasteiger partial charge on any atom is 0.339 e. The van der Waals surface area contributed by atoms with Crippen molar-refractivity contribution in [3.63, 3.8) is 0 Å². The number of hydrogen-bond donors (Lipinski definition) is 4. The van der Waals surface area contributed by atoms with Crippen LogP contribution in [0.5, 0.6) is 0 Å². The second kappa shape index (κ2) is 3.88. The smallest absolute Gasteiger partial charge is 0.339 e. The van der Waals surface area contributed by atoms with Crippen LogP contribution in [-0.2, 0) is 0 Å². The molecule has 86 valence electrons. The van der Waals surface area contributed by atoms with Gasteiger partial charge < -0.3 is 20.7 Å².